The van der Waals surface area contributed by atoms with E-state index in [2.05, 4.69) is 10.3 Å². The van der Waals surface area contributed by atoms with Crippen LogP contribution < -0.4 is 4.74 Å². The Bertz CT molecular complexity index is 864. The summed E-state index contributed by atoms with van der Waals surface area (Å²) in [4.78, 5) is 10.3. The third-order valence-corrected chi connectivity index (χ3v) is 3.49. The summed E-state index contributed by atoms with van der Waals surface area (Å²) >= 11 is 5.68. The fourth-order valence-corrected chi connectivity index (χ4v) is 2.35. The second-order valence-corrected chi connectivity index (χ2v) is 5.19. The second kappa shape index (κ2) is 6.59. The summed E-state index contributed by atoms with van der Waals surface area (Å²) in [6.07, 6.45) is -4.73. The van der Waals surface area contributed by atoms with E-state index in [-0.39, 0.29) is 22.7 Å². The number of ether oxygens (including phenoxy) is 1. The highest BCUT2D eigenvalue weighted by Crippen LogP contribution is 2.40. The maximum atomic E-state index is 12.9. The SMILES string of the molecule is CC(=NO)c1cc(Oc2nn(C)c(C(F)(F)F)c2Cl)ccc1[N+](=O)[O-]. The Morgan fingerprint density at radius 3 is 2.60 bits per heavy atom. The summed E-state index contributed by atoms with van der Waals surface area (Å²) in [5.41, 5.74) is -1.72. The molecule has 0 fully saturated rings. The predicted molar refractivity (Wildman–Crippen MR) is 80.4 cm³/mol. The first-order valence-corrected chi connectivity index (χ1v) is 6.89. The molecule has 0 amide bonds. The van der Waals surface area contributed by atoms with Gasteiger partial charge in [0.1, 0.15) is 10.8 Å². The quantitative estimate of drug-likeness (QED) is 0.375. The van der Waals surface area contributed by atoms with Gasteiger partial charge < -0.3 is 9.94 Å². The van der Waals surface area contributed by atoms with Gasteiger partial charge in [-0.25, -0.2) is 0 Å². The van der Waals surface area contributed by atoms with Gasteiger partial charge >= 0.3 is 6.18 Å². The van der Waals surface area contributed by atoms with Gasteiger partial charge in [0.25, 0.3) is 11.6 Å². The van der Waals surface area contributed by atoms with Gasteiger partial charge in [0.15, 0.2) is 5.69 Å². The molecule has 0 unspecified atom stereocenters. The molecule has 1 aromatic carbocycles. The van der Waals surface area contributed by atoms with Gasteiger partial charge in [-0.3, -0.25) is 14.8 Å². The lowest BCUT2D eigenvalue weighted by Crippen LogP contribution is -2.12. The van der Waals surface area contributed by atoms with E-state index < -0.39 is 27.7 Å². The van der Waals surface area contributed by atoms with Crippen LogP contribution in [0.2, 0.25) is 5.02 Å². The van der Waals surface area contributed by atoms with Crippen LogP contribution in [0, 0.1) is 10.1 Å². The standard InChI is InChI=1S/C13H10ClF3N4O4/c1-6(19-22)8-5-7(3-4-9(8)21(23)24)25-12-10(14)11(13(15,16)17)20(2)18-12/h3-5,22H,1-2H3. The largest absolute Gasteiger partial charge is 0.436 e. The molecular formula is C13H10ClF3N4O4. The van der Waals surface area contributed by atoms with Gasteiger partial charge in [-0.05, 0) is 19.1 Å². The van der Waals surface area contributed by atoms with Crippen LogP contribution in [0.4, 0.5) is 18.9 Å². The predicted octanol–water partition coefficient (Wildman–Crippen LogP) is 3.99. The van der Waals surface area contributed by atoms with Crippen LogP contribution in [-0.2, 0) is 13.2 Å². The van der Waals surface area contributed by atoms with Gasteiger partial charge in [0.05, 0.1) is 16.2 Å². The zero-order chi connectivity index (χ0) is 18.9. The molecule has 1 heterocycles. The lowest BCUT2D eigenvalue weighted by atomic mass is 10.1. The average molecular weight is 379 g/mol. The number of nitrogens with zero attached hydrogens (tertiary/aromatic N) is 4. The molecule has 1 N–H and O–H groups in total. The van der Waals surface area contributed by atoms with Crippen molar-refractivity contribution >= 4 is 23.0 Å². The van der Waals surface area contributed by atoms with Crippen molar-refractivity contribution in [3.8, 4) is 11.6 Å². The maximum absolute atomic E-state index is 12.9. The van der Waals surface area contributed by atoms with Crippen LogP contribution >= 0.6 is 11.6 Å². The zero-order valence-electron chi connectivity index (χ0n) is 12.7. The van der Waals surface area contributed by atoms with Gasteiger partial charge in [-0.1, -0.05) is 16.8 Å². The lowest BCUT2D eigenvalue weighted by molar-refractivity contribution is -0.385. The molecule has 0 aliphatic rings. The molecule has 0 bridgehead atoms. The summed E-state index contributed by atoms with van der Waals surface area (Å²) in [6, 6.07) is 3.34. The summed E-state index contributed by atoms with van der Waals surface area (Å²) in [5.74, 6) is -0.591. The topological polar surface area (TPSA) is 103 Å². The fraction of sp³-hybridized carbons (Fsp3) is 0.231. The van der Waals surface area contributed by atoms with Crippen molar-refractivity contribution < 1.29 is 28.0 Å². The van der Waals surface area contributed by atoms with Crippen molar-refractivity contribution in [3.63, 3.8) is 0 Å². The molecule has 0 saturated carbocycles. The molecule has 8 nitrogen and oxygen atoms in total. The summed E-state index contributed by atoms with van der Waals surface area (Å²) < 4.78 is 44.4. The van der Waals surface area contributed by atoms with E-state index >= 15 is 0 Å². The molecule has 12 heteroatoms. The van der Waals surface area contributed by atoms with Crippen molar-refractivity contribution in [2.24, 2.45) is 12.2 Å². The summed E-state index contributed by atoms with van der Waals surface area (Å²) in [5, 5.41) is 25.5. The molecule has 2 aromatic rings. The number of nitro benzene ring substituents is 1. The van der Waals surface area contributed by atoms with Crippen LogP contribution in [0.3, 0.4) is 0 Å². The van der Waals surface area contributed by atoms with Crippen LogP contribution in [0.5, 0.6) is 11.6 Å². The van der Waals surface area contributed by atoms with Crippen molar-refractivity contribution in [2.45, 2.75) is 13.1 Å². The number of aromatic nitrogens is 2. The highest BCUT2D eigenvalue weighted by Gasteiger charge is 2.39. The first kappa shape index (κ1) is 18.5. The maximum Gasteiger partial charge on any atom is 0.434 e. The molecule has 1 aromatic heterocycles. The van der Waals surface area contributed by atoms with E-state index in [1.54, 1.807) is 0 Å². The Labute approximate surface area is 143 Å². The number of aryl methyl sites for hydroxylation is 1. The molecule has 0 atom stereocenters. The Morgan fingerprint density at radius 1 is 1.48 bits per heavy atom. The third-order valence-electron chi connectivity index (χ3n) is 3.15. The minimum Gasteiger partial charge on any atom is -0.436 e. The van der Waals surface area contributed by atoms with Crippen LogP contribution in [0.15, 0.2) is 23.4 Å². The van der Waals surface area contributed by atoms with Crippen LogP contribution in [-0.4, -0.2) is 25.6 Å². The Morgan fingerprint density at radius 2 is 2.12 bits per heavy atom. The van der Waals surface area contributed by atoms with E-state index in [0.717, 1.165) is 25.2 Å². The number of halogens is 4. The minimum atomic E-state index is -4.73. The molecule has 0 aliphatic heterocycles. The number of oxime groups is 1. The minimum absolute atomic E-state index is 0.0719. The highest BCUT2D eigenvalue weighted by atomic mass is 35.5. The van der Waals surface area contributed by atoms with E-state index in [0.29, 0.717) is 4.68 Å². The normalized spacial score (nSPS) is 12.3. The number of nitro groups is 1. The molecule has 2 rings (SSSR count). The Hall–Kier alpha value is -2.82. The molecule has 25 heavy (non-hydrogen) atoms. The molecular weight excluding hydrogens is 369 g/mol. The monoisotopic (exact) mass is 378 g/mol. The summed E-state index contributed by atoms with van der Waals surface area (Å²) in [7, 11) is 1.05. The Kier molecular flexibility index (Phi) is 4.88. The van der Waals surface area contributed by atoms with Crippen LogP contribution in [0.25, 0.3) is 0 Å². The van der Waals surface area contributed by atoms with Gasteiger partial charge in [0, 0.05) is 13.1 Å². The third kappa shape index (κ3) is 3.65. The Balaban J connectivity index is 2.47. The highest BCUT2D eigenvalue weighted by molar-refractivity contribution is 6.32. The van der Waals surface area contributed by atoms with Crippen LogP contribution in [0.1, 0.15) is 18.2 Å². The number of hydrogen-bond donors (Lipinski definition) is 1. The molecule has 0 aliphatic carbocycles. The first-order chi connectivity index (χ1) is 11.6. The smallest absolute Gasteiger partial charge is 0.434 e. The van der Waals surface area contributed by atoms with Crippen molar-refractivity contribution in [2.75, 3.05) is 0 Å². The summed E-state index contributed by atoms with van der Waals surface area (Å²) in [6.45, 7) is 1.31. The molecule has 0 spiro atoms. The first-order valence-electron chi connectivity index (χ1n) is 6.51. The number of hydrogen-bond acceptors (Lipinski definition) is 6. The second-order valence-electron chi connectivity index (χ2n) is 4.81. The van der Waals surface area contributed by atoms with Crippen molar-refractivity contribution in [3.05, 3.63) is 44.6 Å². The molecule has 0 radical (unpaired) electrons. The zero-order valence-corrected chi connectivity index (χ0v) is 13.5. The number of rotatable bonds is 4. The van der Waals surface area contributed by atoms with E-state index in [4.69, 9.17) is 21.5 Å². The fourth-order valence-electron chi connectivity index (χ4n) is 2.04. The van der Waals surface area contributed by atoms with Gasteiger partial charge in [0.2, 0.25) is 0 Å². The van der Waals surface area contributed by atoms with E-state index in [9.17, 15) is 23.3 Å². The number of benzene rings is 1. The number of alkyl halides is 3. The van der Waals surface area contributed by atoms with E-state index in [1.807, 2.05) is 0 Å². The molecule has 0 saturated heterocycles. The lowest BCUT2D eigenvalue weighted by Gasteiger charge is -2.07. The average Bonchev–Trinajstić information content (AvgIpc) is 2.79. The van der Waals surface area contributed by atoms with Gasteiger partial charge in [-0.15, -0.1) is 5.10 Å². The van der Waals surface area contributed by atoms with E-state index in [1.165, 1.54) is 6.92 Å². The molecule has 134 valence electrons. The van der Waals surface area contributed by atoms with Crippen molar-refractivity contribution in [1.29, 1.82) is 0 Å². The van der Waals surface area contributed by atoms with Crippen molar-refractivity contribution in [1.82, 2.24) is 9.78 Å². The van der Waals surface area contributed by atoms with Gasteiger partial charge in [-0.2, -0.15) is 13.2 Å².